The van der Waals surface area contributed by atoms with Crippen LogP contribution in [-0.2, 0) is 47.4 Å². The summed E-state index contributed by atoms with van der Waals surface area (Å²) in [4.78, 5) is 0. The highest BCUT2D eigenvalue weighted by Gasteiger charge is 2.63. The highest BCUT2D eigenvalue weighted by atomic mass is 16.8. The second-order valence-corrected chi connectivity index (χ2v) is 22.9. The van der Waals surface area contributed by atoms with E-state index in [1.165, 1.54) is 0 Å². The molecule has 0 radical (unpaired) electrons. The molecule has 428 valence electrons. The van der Waals surface area contributed by atoms with Crippen molar-refractivity contribution in [2.24, 2.45) is 40.4 Å². The smallest absolute Gasteiger partial charge is 0.190 e. The topological polar surface area (TPSA) is 376 Å². The van der Waals surface area contributed by atoms with Crippen LogP contribution >= 0.6 is 0 Å². The van der Waals surface area contributed by atoms with E-state index in [0.29, 0.717) is 19.4 Å². The van der Waals surface area contributed by atoms with Gasteiger partial charge in [-0.2, -0.15) is 0 Å². The minimum absolute atomic E-state index is 0. The van der Waals surface area contributed by atoms with Crippen LogP contribution in [0.1, 0.15) is 79.6 Å². The van der Waals surface area contributed by atoms with Crippen molar-refractivity contribution in [3.8, 4) is 0 Å². The number of fused-ring (bicyclic) bond motifs is 5. The molecule has 24 heteroatoms. The van der Waals surface area contributed by atoms with Crippen LogP contribution in [0.2, 0.25) is 0 Å². The number of aliphatic hydroxyl groups is 14. The molecule has 0 aromatic carbocycles. The number of hydrogen-bond acceptors (Lipinski definition) is 24. The van der Waals surface area contributed by atoms with Crippen LogP contribution in [0.25, 0.3) is 0 Å². The normalized spacial score (nSPS) is 55.0. The predicted octanol–water partition coefficient (Wildman–Crippen LogP) is -3.77. The fraction of sp³-hybridized carbons (Fsp3) is 0.960. The number of ether oxygens (including phenoxy) is 10. The largest absolute Gasteiger partial charge is 0.394 e. The van der Waals surface area contributed by atoms with Crippen molar-refractivity contribution in [1.29, 1.82) is 0 Å². The molecule has 0 unspecified atom stereocenters. The highest BCUT2D eigenvalue weighted by molar-refractivity contribution is 5.12. The van der Waals surface area contributed by atoms with Crippen molar-refractivity contribution < 1.29 is 119 Å². The molecule has 1 spiro atoms. The first-order valence-electron chi connectivity index (χ1n) is 26.2. The Bertz CT molecular complexity index is 1850. The lowest BCUT2D eigenvalue weighted by Gasteiger charge is -2.64. The molecule has 9 rings (SSSR count). The average molecular weight is 1070 g/mol. The van der Waals surface area contributed by atoms with Crippen molar-refractivity contribution in [1.82, 2.24) is 0 Å². The summed E-state index contributed by atoms with van der Waals surface area (Å²) in [6.07, 6.45) is -26.8. The molecule has 9 aliphatic rings. The molecule has 14 N–H and O–H groups in total. The standard InChI is InChI=1S/C49H80O24.CH4/c1-20-13-47(2)10-8-23-22(31(47)25(54)19-66-49(20)9-4-5-11-65-49)7-6-21-12-27(24(53)14-48(21,23)3)67-44-39(63)36(60)40(30(17-52)70-44)71-46-42(73-45-38(62)35(59)33(57)28(15-50)68-45)41(34(58)29(16-51)69-46)72-43-37(61)32(56)26(55)18-64-43;/h4,9,20-46,50-63H,5-8,10-19H2,1-3H3;1H4/t20-,21+,22-,23+,24-,25-,26-,27-,28-,29-,30-,31-,32+,33-,34-,35+,36-,37-,38-,39-,40-,41+,42-,43+,44-,45+,46+,47-,48+,49-;/m0./s1. The van der Waals surface area contributed by atoms with E-state index in [2.05, 4.69) is 26.8 Å². The van der Waals surface area contributed by atoms with Crippen molar-refractivity contribution in [3.05, 3.63) is 12.2 Å². The van der Waals surface area contributed by atoms with Gasteiger partial charge in [-0.05, 0) is 91.9 Å². The number of hydrogen-bond donors (Lipinski definition) is 14. The first kappa shape index (κ1) is 58.9. The predicted molar refractivity (Wildman–Crippen MR) is 249 cm³/mol. The van der Waals surface area contributed by atoms with Crippen LogP contribution in [0.15, 0.2) is 12.2 Å². The van der Waals surface area contributed by atoms with Gasteiger partial charge in [-0.15, -0.1) is 0 Å². The second-order valence-electron chi connectivity index (χ2n) is 22.9. The summed E-state index contributed by atoms with van der Waals surface area (Å²) in [7, 11) is 0. The lowest BCUT2D eigenvalue weighted by atomic mass is 9.43. The molecule has 8 fully saturated rings. The van der Waals surface area contributed by atoms with Crippen LogP contribution in [0.3, 0.4) is 0 Å². The van der Waals surface area contributed by atoms with Gasteiger partial charge >= 0.3 is 0 Å². The van der Waals surface area contributed by atoms with Gasteiger partial charge in [-0.25, -0.2) is 0 Å². The molecule has 0 bridgehead atoms. The zero-order valence-corrected chi connectivity index (χ0v) is 41.5. The highest BCUT2D eigenvalue weighted by Crippen LogP contribution is 2.65. The molecule has 3 aliphatic carbocycles. The lowest BCUT2D eigenvalue weighted by Crippen LogP contribution is -2.68. The second kappa shape index (κ2) is 23.5. The molecular formula is C50H84O24. The first-order valence-corrected chi connectivity index (χ1v) is 26.2. The van der Waals surface area contributed by atoms with Gasteiger partial charge < -0.3 is 119 Å². The Morgan fingerprint density at radius 2 is 1.19 bits per heavy atom. The van der Waals surface area contributed by atoms with Crippen LogP contribution in [0.4, 0.5) is 0 Å². The Kier molecular flexibility index (Phi) is 18.7. The summed E-state index contributed by atoms with van der Waals surface area (Å²) < 4.78 is 60.1. The first-order chi connectivity index (χ1) is 34.7. The summed E-state index contributed by atoms with van der Waals surface area (Å²) >= 11 is 0. The van der Waals surface area contributed by atoms with E-state index in [9.17, 15) is 71.5 Å². The molecule has 0 amide bonds. The van der Waals surface area contributed by atoms with E-state index in [-0.39, 0.29) is 54.5 Å². The van der Waals surface area contributed by atoms with E-state index < -0.39 is 167 Å². The van der Waals surface area contributed by atoms with Crippen molar-refractivity contribution in [2.75, 3.05) is 39.6 Å². The van der Waals surface area contributed by atoms with E-state index >= 15 is 0 Å². The summed E-state index contributed by atoms with van der Waals surface area (Å²) in [6.45, 7) is 4.23. The Balaban J connectivity index is 0.00000729. The third-order valence-electron chi connectivity index (χ3n) is 18.5. The fourth-order valence-corrected chi connectivity index (χ4v) is 14.5. The van der Waals surface area contributed by atoms with Crippen molar-refractivity contribution in [2.45, 2.75) is 220 Å². The van der Waals surface area contributed by atoms with Gasteiger partial charge in [0, 0.05) is 5.92 Å². The molecule has 30 atom stereocenters. The third kappa shape index (κ3) is 10.8. The van der Waals surface area contributed by atoms with Crippen LogP contribution < -0.4 is 0 Å². The summed E-state index contributed by atoms with van der Waals surface area (Å²) in [5, 5.41) is 153. The van der Waals surface area contributed by atoms with Crippen LogP contribution in [-0.4, -0.2) is 252 Å². The Hall–Kier alpha value is -1.22. The monoisotopic (exact) mass is 1070 g/mol. The van der Waals surface area contributed by atoms with Gasteiger partial charge in [-0.3, -0.25) is 0 Å². The third-order valence-corrected chi connectivity index (χ3v) is 18.5. The van der Waals surface area contributed by atoms with E-state index in [1.54, 1.807) is 0 Å². The fourth-order valence-electron chi connectivity index (χ4n) is 14.5. The molecule has 0 aromatic rings. The maximum atomic E-state index is 12.0. The molecule has 6 aliphatic heterocycles. The Labute approximate surface area is 430 Å². The SMILES string of the molecule is C.C[C@H]1C[C@]2(C)CC[C@@H]3[C@H](CC[C@@H]4C[C@H](O[C@H]5O[C@@H](CO)[C@H](O[C@H]6O[C@@H](CO)[C@H](O)[C@@H](O[C@H]7OC[C@H](O)[C@@H](O)[C@@H]7O)[C@@H]6O[C@H]6O[C@@H](CO)[C@H](O)[C@@H](O)[C@@H]6O)[C@@H](O)[C@@H]5O)[C@@H](O)C[C@]43C)[C@H]2[C@@H](O)CO[C@@]12C=CCCO2. The maximum Gasteiger partial charge on any atom is 0.190 e. The molecular weight excluding hydrogens is 985 g/mol. The number of aliphatic hydroxyl groups excluding tert-OH is 14. The molecule has 5 saturated heterocycles. The molecule has 6 heterocycles. The Morgan fingerprint density at radius 3 is 1.88 bits per heavy atom. The number of rotatable bonds is 11. The van der Waals surface area contributed by atoms with E-state index in [0.717, 1.165) is 38.5 Å². The van der Waals surface area contributed by atoms with Crippen molar-refractivity contribution >= 4 is 0 Å². The minimum atomic E-state index is -2.03. The summed E-state index contributed by atoms with van der Waals surface area (Å²) in [6, 6.07) is 0. The van der Waals surface area contributed by atoms with E-state index in [4.69, 9.17) is 47.4 Å². The van der Waals surface area contributed by atoms with Crippen molar-refractivity contribution in [3.63, 3.8) is 0 Å². The van der Waals surface area contributed by atoms with Gasteiger partial charge in [0.2, 0.25) is 0 Å². The maximum absolute atomic E-state index is 12.0. The van der Waals surface area contributed by atoms with Crippen LogP contribution in [0.5, 0.6) is 0 Å². The van der Waals surface area contributed by atoms with Gasteiger partial charge in [0.05, 0.1) is 58.0 Å². The van der Waals surface area contributed by atoms with Gasteiger partial charge in [0.1, 0.15) is 91.6 Å². The van der Waals surface area contributed by atoms with Gasteiger partial charge in [-0.1, -0.05) is 34.3 Å². The molecule has 0 aromatic heterocycles. The molecule has 3 saturated carbocycles. The van der Waals surface area contributed by atoms with E-state index in [1.807, 2.05) is 6.08 Å². The van der Waals surface area contributed by atoms with Gasteiger partial charge in [0.25, 0.3) is 0 Å². The quantitative estimate of drug-likeness (QED) is 0.0698. The average Bonchev–Trinajstić information content (AvgIpc) is 3.37. The summed E-state index contributed by atoms with van der Waals surface area (Å²) in [5.74, 6) is -0.393. The van der Waals surface area contributed by atoms with Gasteiger partial charge in [0.15, 0.2) is 30.9 Å². The zero-order valence-electron chi connectivity index (χ0n) is 41.5. The van der Waals surface area contributed by atoms with Crippen LogP contribution in [0, 0.1) is 40.4 Å². The molecule has 74 heavy (non-hydrogen) atoms. The lowest BCUT2D eigenvalue weighted by molar-refractivity contribution is -0.404. The molecule has 24 nitrogen and oxygen atoms in total. The summed E-state index contributed by atoms with van der Waals surface area (Å²) in [5.41, 5.74) is -0.500. The Morgan fingerprint density at radius 1 is 0.568 bits per heavy atom. The minimum Gasteiger partial charge on any atom is -0.394 e. The zero-order chi connectivity index (χ0) is 52.5.